The molecule has 1 saturated heterocycles. The normalized spacial score (nSPS) is 19.6. The molecule has 1 heterocycles. The molecule has 0 saturated carbocycles. The molecule has 1 aromatic carbocycles. The number of hydrogen-bond acceptors (Lipinski definition) is 2. The average molecular weight is 286 g/mol. The van der Waals surface area contributed by atoms with Gasteiger partial charge >= 0.3 is 6.18 Å². The minimum Gasteiger partial charge on any atom is -0.352 e. The number of carbonyl (C=O) groups excluding carboxylic acids is 1. The second kappa shape index (κ2) is 6.26. The predicted octanol–water partition coefficient (Wildman–Crippen LogP) is 2.32. The van der Waals surface area contributed by atoms with E-state index in [-0.39, 0.29) is 18.4 Å². The van der Waals surface area contributed by atoms with Gasteiger partial charge in [-0.25, -0.2) is 0 Å². The van der Waals surface area contributed by atoms with Crippen molar-refractivity contribution in [1.82, 2.24) is 10.6 Å². The van der Waals surface area contributed by atoms with Gasteiger partial charge in [-0.3, -0.25) is 4.79 Å². The number of piperidine rings is 1. The molecule has 20 heavy (non-hydrogen) atoms. The zero-order valence-corrected chi connectivity index (χ0v) is 11.0. The van der Waals surface area contributed by atoms with Crippen LogP contribution in [0.1, 0.15) is 24.0 Å². The van der Waals surface area contributed by atoms with Crippen LogP contribution in [0.4, 0.5) is 13.2 Å². The van der Waals surface area contributed by atoms with Crippen molar-refractivity contribution >= 4 is 5.91 Å². The maximum Gasteiger partial charge on any atom is 0.416 e. The van der Waals surface area contributed by atoms with Gasteiger partial charge < -0.3 is 10.6 Å². The Kier molecular flexibility index (Phi) is 4.65. The summed E-state index contributed by atoms with van der Waals surface area (Å²) in [6, 6.07) is 5.02. The molecule has 2 N–H and O–H groups in total. The molecule has 1 aliphatic heterocycles. The van der Waals surface area contributed by atoms with E-state index in [4.69, 9.17) is 0 Å². The standard InChI is InChI=1S/C14H17F3N2O/c15-14(16,17)12-5-1-3-10(7-12)8-19-13(20)11-4-2-6-18-9-11/h1,3,5,7,11,18H,2,4,6,8-9H2,(H,19,20). The highest BCUT2D eigenvalue weighted by atomic mass is 19.4. The van der Waals surface area contributed by atoms with Gasteiger partial charge in [-0.2, -0.15) is 13.2 Å². The second-order valence-electron chi connectivity index (χ2n) is 4.96. The molecule has 0 bridgehead atoms. The van der Waals surface area contributed by atoms with Crippen molar-refractivity contribution in [1.29, 1.82) is 0 Å². The van der Waals surface area contributed by atoms with Crippen LogP contribution in [0.15, 0.2) is 24.3 Å². The van der Waals surface area contributed by atoms with E-state index in [1.54, 1.807) is 6.07 Å². The first kappa shape index (κ1) is 14.8. The molecule has 2 rings (SSSR count). The summed E-state index contributed by atoms with van der Waals surface area (Å²) in [4.78, 5) is 11.9. The Bertz CT molecular complexity index is 468. The minimum absolute atomic E-state index is 0.0884. The summed E-state index contributed by atoms with van der Waals surface area (Å²) in [6.45, 7) is 1.67. The van der Waals surface area contributed by atoms with Crippen molar-refractivity contribution in [2.75, 3.05) is 13.1 Å². The Morgan fingerprint density at radius 3 is 2.85 bits per heavy atom. The van der Waals surface area contributed by atoms with Crippen LogP contribution in [0.3, 0.4) is 0 Å². The quantitative estimate of drug-likeness (QED) is 0.895. The Hall–Kier alpha value is -1.56. The van der Waals surface area contributed by atoms with Gasteiger partial charge in [0.1, 0.15) is 0 Å². The Labute approximate surface area is 115 Å². The molecule has 1 amide bonds. The number of halogens is 3. The largest absolute Gasteiger partial charge is 0.416 e. The minimum atomic E-state index is -4.35. The predicted molar refractivity (Wildman–Crippen MR) is 68.9 cm³/mol. The maximum atomic E-state index is 12.6. The molecule has 1 atom stereocenters. The van der Waals surface area contributed by atoms with Crippen LogP contribution in [0, 0.1) is 5.92 Å². The van der Waals surface area contributed by atoms with Crippen LogP contribution >= 0.6 is 0 Å². The highest BCUT2D eigenvalue weighted by Gasteiger charge is 2.30. The van der Waals surface area contributed by atoms with Gasteiger partial charge in [0.05, 0.1) is 11.5 Å². The van der Waals surface area contributed by atoms with E-state index < -0.39 is 11.7 Å². The number of alkyl halides is 3. The topological polar surface area (TPSA) is 41.1 Å². The van der Waals surface area contributed by atoms with Crippen LogP contribution in [0.25, 0.3) is 0 Å². The Morgan fingerprint density at radius 1 is 1.40 bits per heavy atom. The third-order valence-corrected chi connectivity index (χ3v) is 3.39. The first-order chi connectivity index (χ1) is 9.47. The van der Waals surface area contributed by atoms with Crippen molar-refractivity contribution in [2.45, 2.75) is 25.6 Å². The molecule has 0 radical (unpaired) electrons. The molecule has 110 valence electrons. The Morgan fingerprint density at radius 2 is 2.20 bits per heavy atom. The lowest BCUT2D eigenvalue weighted by Gasteiger charge is -2.22. The van der Waals surface area contributed by atoms with E-state index in [1.807, 2.05) is 0 Å². The van der Waals surface area contributed by atoms with Crippen LogP contribution in [-0.4, -0.2) is 19.0 Å². The number of amides is 1. The monoisotopic (exact) mass is 286 g/mol. The van der Waals surface area contributed by atoms with Crippen molar-refractivity contribution in [3.05, 3.63) is 35.4 Å². The summed E-state index contributed by atoms with van der Waals surface area (Å²) in [6.07, 6.45) is -2.59. The summed E-state index contributed by atoms with van der Waals surface area (Å²) in [7, 11) is 0. The molecule has 3 nitrogen and oxygen atoms in total. The van der Waals surface area contributed by atoms with Crippen LogP contribution < -0.4 is 10.6 Å². The van der Waals surface area contributed by atoms with Crippen LogP contribution in [0.2, 0.25) is 0 Å². The number of nitrogens with one attached hydrogen (secondary N) is 2. The third kappa shape index (κ3) is 3.96. The number of carbonyl (C=O) groups is 1. The summed E-state index contributed by atoms with van der Waals surface area (Å²) in [5.74, 6) is -0.191. The zero-order valence-electron chi connectivity index (χ0n) is 11.0. The van der Waals surface area contributed by atoms with Gasteiger partial charge in [0.25, 0.3) is 0 Å². The first-order valence-corrected chi connectivity index (χ1v) is 6.61. The molecule has 0 spiro atoms. The second-order valence-corrected chi connectivity index (χ2v) is 4.96. The van der Waals surface area contributed by atoms with Gasteiger partial charge in [-0.15, -0.1) is 0 Å². The van der Waals surface area contributed by atoms with Crippen molar-refractivity contribution < 1.29 is 18.0 Å². The van der Waals surface area contributed by atoms with Gasteiger partial charge in [0, 0.05) is 13.1 Å². The highest BCUT2D eigenvalue weighted by Crippen LogP contribution is 2.29. The number of hydrogen-bond donors (Lipinski definition) is 2. The molecule has 1 unspecified atom stereocenters. The van der Waals surface area contributed by atoms with Crippen LogP contribution in [0.5, 0.6) is 0 Å². The smallest absolute Gasteiger partial charge is 0.352 e. The fourth-order valence-corrected chi connectivity index (χ4v) is 2.27. The molecular weight excluding hydrogens is 269 g/mol. The van der Waals surface area contributed by atoms with Crippen molar-refractivity contribution in [2.24, 2.45) is 5.92 Å². The van der Waals surface area contributed by atoms with E-state index in [0.29, 0.717) is 12.1 Å². The average Bonchev–Trinajstić information content (AvgIpc) is 2.45. The molecule has 1 aromatic rings. The van der Waals surface area contributed by atoms with E-state index >= 15 is 0 Å². The SMILES string of the molecule is O=C(NCc1cccc(C(F)(F)F)c1)C1CCCNC1. The Balaban J connectivity index is 1.92. The van der Waals surface area contributed by atoms with Crippen LogP contribution in [-0.2, 0) is 17.5 Å². The molecule has 6 heteroatoms. The molecule has 0 aromatic heterocycles. The summed E-state index contributed by atoms with van der Waals surface area (Å²) < 4.78 is 37.7. The third-order valence-electron chi connectivity index (χ3n) is 3.39. The van der Waals surface area contributed by atoms with Gasteiger partial charge in [-0.1, -0.05) is 12.1 Å². The first-order valence-electron chi connectivity index (χ1n) is 6.61. The fourth-order valence-electron chi connectivity index (χ4n) is 2.27. The zero-order chi connectivity index (χ0) is 14.6. The fraction of sp³-hybridized carbons (Fsp3) is 0.500. The molecular formula is C14H17F3N2O. The lowest BCUT2D eigenvalue weighted by molar-refractivity contribution is -0.137. The highest BCUT2D eigenvalue weighted by molar-refractivity contribution is 5.78. The van der Waals surface area contributed by atoms with Crippen molar-refractivity contribution in [3.8, 4) is 0 Å². The summed E-state index contributed by atoms with van der Waals surface area (Å²) in [5.41, 5.74) is -0.236. The van der Waals surface area contributed by atoms with E-state index in [1.165, 1.54) is 6.07 Å². The molecule has 1 fully saturated rings. The van der Waals surface area contributed by atoms with E-state index in [9.17, 15) is 18.0 Å². The molecule has 0 aliphatic carbocycles. The van der Waals surface area contributed by atoms with Gasteiger partial charge in [0.2, 0.25) is 5.91 Å². The van der Waals surface area contributed by atoms with Gasteiger partial charge in [0.15, 0.2) is 0 Å². The van der Waals surface area contributed by atoms with Crippen molar-refractivity contribution in [3.63, 3.8) is 0 Å². The lowest BCUT2D eigenvalue weighted by Crippen LogP contribution is -2.40. The number of benzene rings is 1. The summed E-state index contributed by atoms with van der Waals surface area (Å²) >= 11 is 0. The van der Waals surface area contributed by atoms with E-state index in [2.05, 4.69) is 10.6 Å². The lowest BCUT2D eigenvalue weighted by atomic mass is 9.99. The summed E-state index contributed by atoms with van der Waals surface area (Å²) in [5, 5.41) is 5.83. The van der Waals surface area contributed by atoms with Gasteiger partial charge in [-0.05, 0) is 37.1 Å². The number of rotatable bonds is 3. The van der Waals surface area contributed by atoms with E-state index in [0.717, 1.165) is 31.5 Å². The maximum absolute atomic E-state index is 12.6. The molecule has 1 aliphatic rings.